The number of hydrogen-bond donors (Lipinski definition) is 0. The lowest BCUT2D eigenvalue weighted by Gasteiger charge is -2.09. The molecule has 0 heterocycles. The van der Waals surface area contributed by atoms with Gasteiger partial charge in [-0.1, -0.05) is 46.6 Å². The van der Waals surface area contributed by atoms with Gasteiger partial charge in [-0.2, -0.15) is 0 Å². The fourth-order valence-electron chi connectivity index (χ4n) is 1.83. The zero-order valence-electron chi connectivity index (χ0n) is 12.2. The van der Waals surface area contributed by atoms with Crippen LogP contribution in [0.25, 0.3) is 0 Å². The number of benzene rings is 2. The van der Waals surface area contributed by atoms with Crippen molar-refractivity contribution in [1.82, 2.24) is 0 Å². The Kier molecular flexibility index (Phi) is 5.92. The number of methoxy groups -OCH3 is 2. The molecule has 2 aromatic carbocycles. The Labute approximate surface area is 139 Å². The molecule has 0 atom stereocenters. The second-order valence-corrected chi connectivity index (χ2v) is 5.15. The fourth-order valence-corrected chi connectivity index (χ4v) is 2.32. The molecule has 0 radical (unpaired) electrons. The summed E-state index contributed by atoms with van der Waals surface area (Å²) in [5.74, 6) is 1.01. The van der Waals surface area contributed by atoms with E-state index in [1.54, 1.807) is 31.5 Å². The number of rotatable bonds is 6. The number of nitrogens with zero attached hydrogens (tertiary/aromatic N) is 1. The lowest BCUT2D eigenvalue weighted by Crippen LogP contribution is -1.94. The third-order valence-corrected chi connectivity index (χ3v) is 3.56. The molecule has 6 heteroatoms. The van der Waals surface area contributed by atoms with Gasteiger partial charge in [-0.05, 0) is 18.2 Å². The Morgan fingerprint density at radius 3 is 2.50 bits per heavy atom. The number of oxime groups is 1. The van der Waals surface area contributed by atoms with Crippen LogP contribution < -0.4 is 9.47 Å². The molecule has 0 saturated carbocycles. The van der Waals surface area contributed by atoms with Crippen molar-refractivity contribution in [2.45, 2.75) is 6.61 Å². The normalized spacial score (nSPS) is 10.7. The van der Waals surface area contributed by atoms with Crippen LogP contribution in [0, 0.1) is 0 Å². The van der Waals surface area contributed by atoms with Crippen molar-refractivity contribution in [3.05, 3.63) is 57.6 Å². The van der Waals surface area contributed by atoms with E-state index in [4.69, 9.17) is 37.5 Å². The van der Waals surface area contributed by atoms with Gasteiger partial charge < -0.3 is 14.3 Å². The minimum absolute atomic E-state index is 0.289. The molecule has 2 aromatic rings. The summed E-state index contributed by atoms with van der Waals surface area (Å²) in [7, 11) is 3.08. The molecule has 2 rings (SSSR count). The molecule has 0 bridgehead atoms. The summed E-state index contributed by atoms with van der Waals surface area (Å²) >= 11 is 12.2. The third-order valence-electron chi connectivity index (χ3n) is 2.91. The topological polar surface area (TPSA) is 40.0 Å². The monoisotopic (exact) mass is 339 g/mol. The van der Waals surface area contributed by atoms with E-state index in [1.165, 1.54) is 7.11 Å². The van der Waals surface area contributed by atoms with E-state index < -0.39 is 0 Å². The van der Waals surface area contributed by atoms with Crippen LogP contribution in [0.3, 0.4) is 0 Å². The molecule has 0 spiro atoms. The van der Waals surface area contributed by atoms with E-state index in [1.807, 2.05) is 18.2 Å². The minimum Gasteiger partial charge on any atom is -0.493 e. The molecule has 0 aliphatic carbocycles. The number of halogens is 2. The molecule has 0 fully saturated rings. The Balaban J connectivity index is 2.04. The molecule has 22 heavy (non-hydrogen) atoms. The second-order valence-electron chi connectivity index (χ2n) is 4.34. The molecule has 4 nitrogen and oxygen atoms in total. The zero-order chi connectivity index (χ0) is 15.9. The highest BCUT2D eigenvalue weighted by atomic mass is 35.5. The van der Waals surface area contributed by atoms with Crippen LogP contribution in [0.1, 0.15) is 11.1 Å². The lowest BCUT2D eigenvalue weighted by atomic mass is 10.2. The first-order valence-corrected chi connectivity index (χ1v) is 7.21. The van der Waals surface area contributed by atoms with Gasteiger partial charge in [0.15, 0.2) is 11.5 Å². The maximum Gasteiger partial charge on any atom is 0.179 e. The zero-order valence-corrected chi connectivity index (χ0v) is 13.7. The lowest BCUT2D eigenvalue weighted by molar-refractivity contribution is 0.132. The minimum atomic E-state index is 0.289. The number of hydrogen-bond acceptors (Lipinski definition) is 4. The molecule has 0 saturated heterocycles. The largest absolute Gasteiger partial charge is 0.493 e. The summed E-state index contributed by atoms with van der Waals surface area (Å²) in [6.45, 7) is 0.289. The Morgan fingerprint density at radius 2 is 1.82 bits per heavy atom. The van der Waals surface area contributed by atoms with Crippen molar-refractivity contribution in [2.24, 2.45) is 5.16 Å². The van der Waals surface area contributed by atoms with Crippen molar-refractivity contribution >= 4 is 29.4 Å². The van der Waals surface area contributed by atoms with Gasteiger partial charge in [0, 0.05) is 16.1 Å². The quantitative estimate of drug-likeness (QED) is 0.572. The summed E-state index contributed by atoms with van der Waals surface area (Å²) in [6.07, 6.45) is 1.55. The molecular formula is C16H15Cl2NO3. The first-order valence-electron chi connectivity index (χ1n) is 6.46. The predicted octanol–water partition coefficient (Wildman–Crippen LogP) is 4.56. The molecule has 0 aliphatic heterocycles. The van der Waals surface area contributed by atoms with Crippen LogP contribution in [0.4, 0.5) is 0 Å². The molecule has 0 N–H and O–H groups in total. The first kappa shape index (κ1) is 16.5. The average molecular weight is 340 g/mol. The molecule has 116 valence electrons. The predicted molar refractivity (Wildman–Crippen MR) is 88.4 cm³/mol. The summed E-state index contributed by atoms with van der Waals surface area (Å²) in [5.41, 5.74) is 1.61. The maximum absolute atomic E-state index is 6.12. The molecule has 0 aromatic heterocycles. The Morgan fingerprint density at radius 1 is 1.05 bits per heavy atom. The van der Waals surface area contributed by atoms with Crippen LogP contribution in [-0.2, 0) is 11.4 Å². The Bertz CT molecular complexity index is 674. The maximum atomic E-state index is 6.12. The van der Waals surface area contributed by atoms with E-state index >= 15 is 0 Å². The van der Waals surface area contributed by atoms with Crippen LogP contribution in [0.15, 0.2) is 41.6 Å². The van der Waals surface area contributed by atoms with Gasteiger partial charge in [0.05, 0.1) is 25.5 Å². The van der Waals surface area contributed by atoms with Gasteiger partial charge in [0.2, 0.25) is 0 Å². The van der Waals surface area contributed by atoms with Crippen LogP contribution in [0.2, 0.25) is 10.0 Å². The van der Waals surface area contributed by atoms with E-state index in [2.05, 4.69) is 5.16 Å². The standard InChI is InChI=1S/C16H15Cl2NO3/c1-20-15-8-11(7-14(18)16(15)21-2)9-19-22-10-12-5-3-4-6-13(12)17/h3-9H,10H2,1-2H3/b19-9+. The van der Waals surface area contributed by atoms with Crippen molar-refractivity contribution in [3.8, 4) is 11.5 Å². The highest BCUT2D eigenvalue weighted by molar-refractivity contribution is 6.32. The van der Waals surface area contributed by atoms with E-state index in [0.717, 1.165) is 11.1 Å². The van der Waals surface area contributed by atoms with E-state index in [9.17, 15) is 0 Å². The summed E-state index contributed by atoms with van der Waals surface area (Å²) in [5, 5.41) is 5.00. The third kappa shape index (κ3) is 4.06. The molecular weight excluding hydrogens is 325 g/mol. The fraction of sp³-hybridized carbons (Fsp3) is 0.188. The summed E-state index contributed by atoms with van der Waals surface area (Å²) in [6, 6.07) is 10.9. The molecule has 0 unspecified atom stereocenters. The molecule has 0 amide bonds. The van der Waals surface area contributed by atoms with Gasteiger partial charge in [0.25, 0.3) is 0 Å². The second kappa shape index (κ2) is 7.92. The van der Waals surface area contributed by atoms with E-state index in [-0.39, 0.29) is 6.61 Å². The Hall–Kier alpha value is -1.91. The summed E-state index contributed by atoms with van der Waals surface area (Å²) < 4.78 is 10.4. The van der Waals surface area contributed by atoms with Gasteiger partial charge >= 0.3 is 0 Å². The average Bonchev–Trinajstić information content (AvgIpc) is 2.52. The SMILES string of the molecule is COc1cc(/C=N/OCc2ccccc2Cl)cc(Cl)c1OC. The number of ether oxygens (including phenoxy) is 2. The van der Waals surface area contributed by atoms with Crippen molar-refractivity contribution in [2.75, 3.05) is 14.2 Å². The van der Waals surface area contributed by atoms with Crippen molar-refractivity contribution in [1.29, 1.82) is 0 Å². The summed E-state index contributed by atoms with van der Waals surface area (Å²) in [4.78, 5) is 5.24. The highest BCUT2D eigenvalue weighted by Gasteiger charge is 2.09. The van der Waals surface area contributed by atoms with Crippen molar-refractivity contribution < 1.29 is 14.3 Å². The van der Waals surface area contributed by atoms with Gasteiger partial charge in [-0.15, -0.1) is 0 Å². The first-order chi connectivity index (χ1) is 10.7. The smallest absolute Gasteiger partial charge is 0.179 e. The van der Waals surface area contributed by atoms with E-state index in [0.29, 0.717) is 21.5 Å². The highest BCUT2D eigenvalue weighted by Crippen LogP contribution is 2.35. The van der Waals surface area contributed by atoms with Gasteiger partial charge in [0.1, 0.15) is 6.61 Å². The van der Waals surface area contributed by atoms with Crippen LogP contribution >= 0.6 is 23.2 Å². The van der Waals surface area contributed by atoms with Gasteiger partial charge in [-0.3, -0.25) is 0 Å². The van der Waals surface area contributed by atoms with Crippen molar-refractivity contribution in [3.63, 3.8) is 0 Å². The van der Waals surface area contributed by atoms with Gasteiger partial charge in [-0.25, -0.2) is 0 Å². The van der Waals surface area contributed by atoms with Crippen LogP contribution in [-0.4, -0.2) is 20.4 Å². The van der Waals surface area contributed by atoms with Crippen LogP contribution in [0.5, 0.6) is 11.5 Å². The molecule has 0 aliphatic rings.